The number of hydrogen-bond acceptors (Lipinski definition) is 5. The van der Waals surface area contributed by atoms with Crippen LogP contribution in [-0.2, 0) is 31.3 Å². The fourth-order valence-electron chi connectivity index (χ4n) is 4.85. The van der Waals surface area contributed by atoms with Crippen LogP contribution in [0.25, 0.3) is 22.5 Å². The van der Waals surface area contributed by atoms with Crippen LogP contribution in [-0.4, -0.2) is 20.9 Å². The molecule has 1 radical (unpaired) electrons. The van der Waals surface area contributed by atoms with Crippen molar-refractivity contribution < 1.29 is 30.0 Å². The van der Waals surface area contributed by atoms with Gasteiger partial charge in [0.25, 0.3) is 0 Å². The minimum absolute atomic E-state index is 0. The molecule has 1 aromatic heterocycles. The smallest absolute Gasteiger partial charge is 0.162 e. The van der Waals surface area contributed by atoms with E-state index >= 15 is 0 Å². The normalized spacial score (nSPS) is 11.0. The van der Waals surface area contributed by atoms with Crippen LogP contribution < -0.4 is 0 Å². The van der Waals surface area contributed by atoms with E-state index in [-0.39, 0.29) is 43.5 Å². The molecule has 0 bridgehead atoms. The van der Waals surface area contributed by atoms with Gasteiger partial charge in [-0.2, -0.15) is 5.26 Å². The summed E-state index contributed by atoms with van der Waals surface area (Å²) < 4.78 is 0. The van der Waals surface area contributed by atoms with E-state index in [2.05, 4.69) is 38.1 Å². The zero-order valence-corrected chi connectivity index (χ0v) is 28.2. The van der Waals surface area contributed by atoms with Crippen LogP contribution in [0.15, 0.2) is 48.4 Å². The van der Waals surface area contributed by atoms with E-state index in [1.807, 2.05) is 65.9 Å². The molecular weight excluding hydrogens is 687 g/mol. The number of aryl methyl sites for hydroxylation is 4. The maximum atomic E-state index is 11.7. The number of benzene rings is 2. The molecule has 0 saturated carbocycles. The first-order chi connectivity index (χ1) is 19.1. The Labute approximate surface area is 260 Å². The zero-order chi connectivity index (χ0) is 29.8. The molecule has 0 saturated heterocycles. The first kappa shape index (κ1) is 35.9. The average Bonchev–Trinajstić information content (AvgIpc) is 2.93. The second-order valence-electron chi connectivity index (χ2n) is 10.3. The van der Waals surface area contributed by atoms with Crippen molar-refractivity contribution in [2.45, 2.75) is 87.5 Å². The Balaban J connectivity index is 0.000000456. The van der Waals surface area contributed by atoms with Gasteiger partial charge >= 0.3 is 0 Å². The second kappa shape index (κ2) is 17.6. The summed E-state index contributed by atoms with van der Waals surface area (Å²) in [6.45, 7) is 16.3. The SMILES string of the molecule is CCC(CC)C(=O)/C=C(\O)C(CC)CC.CCc1nc(-c2ccc(C#N)cc2C)cnc1-c1[c-]c(C)cc(C)c1.[Ir]. The van der Waals surface area contributed by atoms with Gasteiger partial charge < -0.3 is 10.1 Å². The van der Waals surface area contributed by atoms with Crippen molar-refractivity contribution in [2.24, 2.45) is 11.8 Å². The molecule has 1 N–H and O–H groups in total. The quantitative estimate of drug-likeness (QED) is 0.128. The first-order valence-electron chi connectivity index (χ1n) is 14.4. The predicted octanol–water partition coefficient (Wildman–Crippen LogP) is 8.84. The number of ketones is 1. The molecule has 5 nitrogen and oxygen atoms in total. The molecule has 221 valence electrons. The maximum absolute atomic E-state index is 11.7. The number of allylic oxidation sites excluding steroid dienone is 2. The number of aliphatic hydroxyl groups excluding tert-OH is 1. The zero-order valence-electron chi connectivity index (χ0n) is 25.8. The molecular formula is C35H44IrN3O2-. The minimum Gasteiger partial charge on any atom is -0.512 e. The number of hydrogen-bond donors (Lipinski definition) is 1. The van der Waals surface area contributed by atoms with Crippen molar-refractivity contribution in [1.29, 1.82) is 5.26 Å². The Morgan fingerprint density at radius 1 is 1.00 bits per heavy atom. The summed E-state index contributed by atoms with van der Waals surface area (Å²) in [5.41, 5.74) is 8.68. The van der Waals surface area contributed by atoms with Gasteiger partial charge in [0.1, 0.15) is 0 Å². The first-order valence-corrected chi connectivity index (χ1v) is 14.4. The molecule has 0 aliphatic carbocycles. The average molecular weight is 731 g/mol. The van der Waals surface area contributed by atoms with Gasteiger partial charge in [0, 0.05) is 61.2 Å². The summed E-state index contributed by atoms with van der Waals surface area (Å²) in [5, 5.41) is 18.8. The number of nitriles is 1. The van der Waals surface area contributed by atoms with Crippen LogP contribution in [0, 0.1) is 50.0 Å². The van der Waals surface area contributed by atoms with Gasteiger partial charge in [-0.25, -0.2) is 0 Å². The van der Waals surface area contributed by atoms with Crippen molar-refractivity contribution in [3.05, 3.63) is 82.4 Å². The van der Waals surface area contributed by atoms with E-state index < -0.39 is 0 Å². The summed E-state index contributed by atoms with van der Waals surface area (Å²) >= 11 is 0. The van der Waals surface area contributed by atoms with Gasteiger partial charge in [-0.05, 0) is 56.7 Å². The maximum Gasteiger partial charge on any atom is 0.162 e. The molecule has 0 fully saturated rings. The number of carbonyl (C=O) groups excluding carboxylic acids is 1. The molecule has 6 heteroatoms. The number of nitrogens with zero attached hydrogens (tertiary/aromatic N) is 3. The molecule has 1 heterocycles. The van der Waals surface area contributed by atoms with E-state index in [0.717, 1.165) is 71.4 Å². The molecule has 0 spiro atoms. The van der Waals surface area contributed by atoms with Crippen LogP contribution in [0.4, 0.5) is 0 Å². The van der Waals surface area contributed by atoms with E-state index in [0.29, 0.717) is 5.56 Å². The summed E-state index contributed by atoms with van der Waals surface area (Å²) in [7, 11) is 0. The van der Waals surface area contributed by atoms with Crippen LogP contribution in [0.1, 0.15) is 88.2 Å². The van der Waals surface area contributed by atoms with Crippen molar-refractivity contribution >= 4 is 5.78 Å². The van der Waals surface area contributed by atoms with Gasteiger partial charge in [0.15, 0.2) is 5.78 Å². The second-order valence-corrected chi connectivity index (χ2v) is 10.3. The molecule has 0 amide bonds. The largest absolute Gasteiger partial charge is 0.512 e. The van der Waals surface area contributed by atoms with E-state index in [9.17, 15) is 9.90 Å². The Hall–Kier alpha value is -3.13. The van der Waals surface area contributed by atoms with Gasteiger partial charge in [0.2, 0.25) is 0 Å². The van der Waals surface area contributed by atoms with E-state index in [4.69, 9.17) is 15.2 Å². The third kappa shape index (κ3) is 10.0. The summed E-state index contributed by atoms with van der Waals surface area (Å²) in [4.78, 5) is 21.3. The molecule has 3 aromatic rings. The molecule has 0 aliphatic heterocycles. The van der Waals surface area contributed by atoms with Crippen LogP contribution in [0.2, 0.25) is 0 Å². The summed E-state index contributed by atoms with van der Waals surface area (Å²) in [5.74, 6) is 0.547. The number of carbonyl (C=O) groups is 1. The number of rotatable bonds is 10. The monoisotopic (exact) mass is 731 g/mol. The molecule has 2 aromatic carbocycles. The third-order valence-corrected chi connectivity index (χ3v) is 7.30. The van der Waals surface area contributed by atoms with Gasteiger partial charge in [-0.3, -0.25) is 9.78 Å². The van der Waals surface area contributed by atoms with Crippen LogP contribution >= 0.6 is 0 Å². The Bertz CT molecular complexity index is 1350. The summed E-state index contributed by atoms with van der Waals surface area (Å²) in [6, 6.07) is 15.4. The predicted molar refractivity (Wildman–Crippen MR) is 164 cm³/mol. The van der Waals surface area contributed by atoms with Gasteiger partial charge in [-0.1, -0.05) is 54.5 Å². The third-order valence-electron chi connectivity index (χ3n) is 7.30. The molecule has 0 unspecified atom stereocenters. The van der Waals surface area contributed by atoms with Crippen molar-refractivity contribution in [1.82, 2.24) is 9.97 Å². The minimum atomic E-state index is 0. The Morgan fingerprint density at radius 2 is 1.63 bits per heavy atom. The topological polar surface area (TPSA) is 86.9 Å². The number of aliphatic hydroxyl groups is 1. The van der Waals surface area contributed by atoms with E-state index in [1.165, 1.54) is 11.6 Å². The fourth-order valence-corrected chi connectivity index (χ4v) is 4.85. The van der Waals surface area contributed by atoms with Crippen molar-refractivity contribution in [3.63, 3.8) is 0 Å². The standard InChI is InChI=1S/C22H20N3.C13H24O2.Ir/c1-5-20-22(18-9-14(2)8-15(3)10-18)24-13-21(25-20)19-7-6-17(12-23)11-16(19)4;1-5-10(6-2)12(14)9-13(15)11(7-3)8-4;/h6-9,11,13H,5H2,1-4H3;9-11,14H,5-8H2,1-4H3;/q-1;;/b;12-9-;. The molecule has 41 heavy (non-hydrogen) atoms. The van der Waals surface area contributed by atoms with Crippen molar-refractivity contribution in [2.75, 3.05) is 0 Å². The van der Waals surface area contributed by atoms with Gasteiger partial charge in [-0.15, -0.1) is 34.9 Å². The Kier molecular flexibility index (Phi) is 15.4. The molecule has 0 aliphatic rings. The van der Waals surface area contributed by atoms with Crippen LogP contribution in [0.3, 0.4) is 0 Å². The number of aromatic nitrogens is 2. The molecule has 3 rings (SSSR count). The molecule has 0 atom stereocenters. The van der Waals surface area contributed by atoms with Crippen molar-refractivity contribution in [3.8, 4) is 28.6 Å². The van der Waals surface area contributed by atoms with Crippen LogP contribution in [0.5, 0.6) is 0 Å². The Morgan fingerprint density at radius 3 is 2.15 bits per heavy atom. The fraction of sp³-hybridized carbons (Fsp3) is 0.429. The van der Waals surface area contributed by atoms with Gasteiger partial charge in [0.05, 0.1) is 23.1 Å². The van der Waals surface area contributed by atoms with E-state index in [1.54, 1.807) is 0 Å². The summed E-state index contributed by atoms with van der Waals surface area (Å²) in [6.07, 6.45) is 7.52.